The first kappa shape index (κ1) is 26.8. The third-order valence-corrected chi connectivity index (χ3v) is 6.66. The first-order chi connectivity index (χ1) is 18.0. The van der Waals surface area contributed by atoms with Crippen molar-refractivity contribution in [3.05, 3.63) is 101 Å². The predicted molar refractivity (Wildman–Crippen MR) is 145 cm³/mol. The van der Waals surface area contributed by atoms with Gasteiger partial charge in [-0.25, -0.2) is 4.79 Å². The van der Waals surface area contributed by atoms with Crippen LogP contribution >= 0.6 is 0 Å². The summed E-state index contributed by atoms with van der Waals surface area (Å²) in [6.45, 7) is 6.15. The molecule has 0 unspecified atom stereocenters. The fourth-order valence-corrected chi connectivity index (χ4v) is 4.69. The molecule has 0 aliphatic carbocycles. The van der Waals surface area contributed by atoms with Crippen molar-refractivity contribution in [2.45, 2.75) is 45.5 Å². The van der Waals surface area contributed by atoms with Gasteiger partial charge in [0.2, 0.25) is 0 Å². The van der Waals surface area contributed by atoms with E-state index in [0.29, 0.717) is 12.2 Å². The average Bonchev–Trinajstić information content (AvgIpc) is 2.91. The molecule has 7 nitrogen and oxygen atoms in total. The number of likely N-dealkylation sites (N-methyl/N-ethyl adjacent to an activating group) is 1. The number of anilines is 1. The van der Waals surface area contributed by atoms with Crippen molar-refractivity contribution >= 4 is 11.7 Å². The standard InChI is InChI=1S/C30H37N3O4/c1-4-31-30(35)32-26-12-8-11-25(17-26)29-36-27(19-33(3)18-22-9-6-5-7-10-22)21(2)28(37-29)24-15-13-23(20-34)14-16-24/h5-17,21,27-29,34H,4,18-20H2,1-3H3,(H2,31,32,35)/t21-,27+,28+,29+/m1/s1. The predicted octanol–water partition coefficient (Wildman–Crippen LogP) is 5.24. The highest BCUT2D eigenvalue weighted by Gasteiger charge is 2.38. The largest absolute Gasteiger partial charge is 0.392 e. The molecule has 1 saturated heterocycles. The van der Waals surface area contributed by atoms with E-state index < -0.39 is 6.29 Å². The second-order valence-corrected chi connectivity index (χ2v) is 9.61. The van der Waals surface area contributed by atoms with Crippen molar-refractivity contribution in [3.63, 3.8) is 0 Å². The molecule has 0 spiro atoms. The molecule has 1 heterocycles. The van der Waals surface area contributed by atoms with Crippen LogP contribution in [0.5, 0.6) is 0 Å². The van der Waals surface area contributed by atoms with Gasteiger partial charge in [-0.15, -0.1) is 0 Å². The lowest BCUT2D eigenvalue weighted by atomic mass is 9.90. The molecule has 3 N–H and O–H groups in total. The first-order valence-corrected chi connectivity index (χ1v) is 12.8. The quantitative estimate of drug-likeness (QED) is 0.372. The SMILES string of the molecule is CCNC(=O)Nc1cccc([C@H]2O[C@@H](CN(C)Cc3ccccc3)[C@@H](C)[C@@H](c3ccc(CO)cc3)O2)c1. The number of hydrogen-bond donors (Lipinski definition) is 3. The molecule has 0 saturated carbocycles. The summed E-state index contributed by atoms with van der Waals surface area (Å²) in [5.41, 5.74) is 4.68. The smallest absolute Gasteiger partial charge is 0.319 e. The van der Waals surface area contributed by atoms with Crippen LogP contribution in [0.25, 0.3) is 0 Å². The van der Waals surface area contributed by atoms with Crippen LogP contribution in [0.15, 0.2) is 78.9 Å². The molecule has 4 rings (SSSR count). The number of carbonyl (C=O) groups excluding carboxylic acids is 1. The van der Waals surface area contributed by atoms with Crippen LogP contribution in [0.2, 0.25) is 0 Å². The Morgan fingerprint density at radius 1 is 0.946 bits per heavy atom. The highest BCUT2D eigenvalue weighted by atomic mass is 16.7. The highest BCUT2D eigenvalue weighted by Crippen LogP contribution is 2.42. The van der Waals surface area contributed by atoms with Gasteiger partial charge in [0.25, 0.3) is 0 Å². The number of aliphatic hydroxyl groups excluding tert-OH is 1. The van der Waals surface area contributed by atoms with Crippen LogP contribution in [0, 0.1) is 5.92 Å². The molecule has 196 valence electrons. The van der Waals surface area contributed by atoms with Crippen molar-refractivity contribution in [3.8, 4) is 0 Å². The van der Waals surface area contributed by atoms with Crippen molar-refractivity contribution in [2.75, 3.05) is 25.5 Å². The molecule has 0 radical (unpaired) electrons. The average molecular weight is 504 g/mol. The molecular formula is C30H37N3O4. The first-order valence-electron chi connectivity index (χ1n) is 12.8. The van der Waals surface area contributed by atoms with Crippen LogP contribution in [0.3, 0.4) is 0 Å². The lowest BCUT2D eigenvalue weighted by Gasteiger charge is -2.42. The second-order valence-electron chi connectivity index (χ2n) is 9.61. The van der Waals surface area contributed by atoms with Gasteiger partial charge in [-0.1, -0.05) is 73.7 Å². The molecule has 1 fully saturated rings. The van der Waals surface area contributed by atoms with Gasteiger partial charge in [0.15, 0.2) is 6.29 Å². The molecule has 4 atom stereocenters. The van der Waals surface area contributed by atoms with Crippen LogP contribution in [0.1, 0.15) is 48.5 Å². The minimum atomic E-state index is -0.593. The summed E-state index contributed by atoms with van der Waals surface area (Å²) in [5.74, 6) is 0.0890. The van der Waals surface area contributed by atoms with Crippen molar-refractivity contribution < 1.29 is 19.4 Å². The Morgan fingerprint density at radius 3 is 2.41 bits per heavy atom. The minimum Gasteiger partial charge on any atom is -0.392 e. The third kappa shape index (κ3) is 7.17. The van der Waals surface area contributed by atoms with Gasteiger partial charge in [-0.2, -0.15) is 0 Å². The lowest BCUT2D eigenvalue weighted by Crippen LogP contribution is -2.43. The molecule has 3 aromatic rings. The molecule has 7 heteroatoms. The second kappa shape index (κ2) is 12.8. The number of aliphatic hydroxyl groups is 1. The van der Waals surface area contributed by atoms with Crippen LogP contribution < -0.4 is 10.6 Å². The summed E-state index contributed by atoms with van der Waals surface area (Å²) >= 11 is 0. The molecular weight excluding hydrogens is 466 g/mol. The van der Waals surface area contributed by atoms with Crippen molar-refractivity contribution in [2.24, 2.45) is 5.92 Å². The van der Waals surface area contributed by atoms with Crippen LogP contribution in [0.4, 0.5) is 10.5 Å². The van der Waals surface area contributed by atoms with E-state index in [1.807, 2.05) is 61.5 Å². The van der Waals surface area contributed by atoms with Gasteiger partial charge >= 0.3 is 6.03 Å². The van der Waals surface area contributed by atoms with Gasteiger partial charge in [-0.3, -0.25) is 4.90 Å². The fraction of sp³-hybridized carbons (Fsp3) is 0.367. The summed E-state index contributed by atoms with van der Waals surface area (Å²) < 4.78 is 13.1. The van der Waals surface area contributed by atoms with E-state index in [1.54, 1.807) is 0 Å². The van der Waals surface area contributed by atoms with E-state index in [2.05, 4.69) is 53.8 Å². The molecule has 0 aromatic heterocycles. The van der Waals surface area contributed by atoms with E-state index in [-0.39, 0.29) is 30.8 Å². The van der Waals surface area contributed by atoms with E-state index >= 15 is 0 Å². The maximum atomic E-state index is 12.0. The highest BCUT2D eigenvalue weighted by molar-refractivity contribution is 5.89. The molecule has 1 aliphatic rings. The molecule has 0 bridgehead atoms. The normalized spacial score (nSPS) is 21.5. The Morgan fingerprint density at radius 2 is 1.70 bits per heavy atom. The maximum absolute atomic E-state index is 12.0. The molecule has 2 amide bonds. The Balaban J connectivity index is 1.57. The zero-order valence-corrected chi connectivity index (χ0v) is 21.8. The van der Waals surface area contributed by atoms with Crippen LogP contribution in [-0.4, -0.2) is 42.3 Å². The number of benzene rings is 3. The van der Waals surface area contributed by atoms with Gasteiger partial charge < -0.3 is 25.2 Å². The van der Waals surface area contributed by atoms with Crippen molar-refractivity contribution in [1.82, 2.24) is 10.2 Å². The molecule has 1 aliphatic heterocycles. The summed E-state index contributed by atoms with van der Waals surface area (Å²) in [6, 6.07) is 25.7. The third-order valence-electron chi connectivity index (χ3n) is 6.66. The van der Waals surface area contributed by atoms with Crippen LogP contribution in [-0.2, 0) is 22.6 Å². The van der Waals surface area contributed by atoms with Gasteiger partial charge in [0, 0.05) is 36.8 Å². The lowest BCUT2D eigenvalue weighted by molar-refractivity contribution is -0.276. The number of nitrogens with zero attached hydrogens (tertiary/aromatic N) is 1. The van der Waals surface area contributed by atoms with Gasteiger partial charge in [-0.05, 0) is 42.8 Å². The summed E-state index contributed by atoms with van der Waals surface area (Å²) in [6.07, 6.45) is -0.874. The number of rotatable bonds is 9. The summed E-state index contributed by atoms with van der Waals surface area (Å²) in [4.78, 5) is 14.3. The number of urea groups is 1. The fourth-order valence-electron chi connectivity index (χ4n) is 4.69. The van der Waals surface area contributed by atoms with Gasteiger partial charge in [0.1, 0.15) is 0 Å². The number of carbonyl (C=O) groups is 1. The number of nitrogens with one attached hydrogen (secondary N) is 2. The summed E-state index contributed by atoms with van der Waals surface area (Å²) in [7, 11) is 2.11. The molecule has 37 heavy (non-hydrogen) atoms. The Kier molecular flexibility index (Phi) is 9.30. The molecule has 3 aromatic carbocycles. The number of hydrogen-bond acceptors (Lipinski definition) is 5. The number of amides is 2. The Labute approximate surface area is 219 Å². The zero-order chi connectivity index (χ0) is 26.2. The van der Waals surface area contributed by atoms with Gasteiger partial charge in [0.05, 0.1) is 18.8 Å². The Bertz CT molecular complexity index is 1140. The minimum absolute atomic E-state index is 0.00536. The van der Waals surface area contributed by atoms with E-state index in [9.17, 15) is 9.90 Å². The Hall–Kier alpha value is -3.23. The van der Waals surface area contributed by atoms with E-state index in [0.717, 1.165) is 29.8 Å². The monoisotopic (exact) mass is 503 g/mol. The topological polar surface area (TPSA) is 83.1 Å². The van der Waals surface area contributed by atoms with E-state index in [1.165, 1.54) is 5.56 Å². The van der Waals surface area contributed by atoms with E-state index in [4.69, 9.17) is 9.47 Å². The zero-order valence-electron chi connectivity index (χ0n) is 21.8. The maximum Gasteiger partial charge on any atom is 0.319 e. The van der Waals surface area contributed by atoms with Crippen molar-refractivity contribution in [1.29, 1.82) is 0 Å². The number of ether oxygens (including phenoxy) is 2. The summed E-state index contributed by atoms with van der Waals surface area (Å²) in [5, 5.41) is 15.1.